The van der Waals surface area contributed by atoms with Gasteiger partial charge in [0.15, 0.2) is 0 Å². The molecule has 1 aromatic heterocycles. The number of aliphatic carboxylic acids is 1. The minimum atomic E-state index is -0.929. The van der Waals surface area contributed by atoms with E-state index in [4.69, 9.17) is 5.11 Å². The molecule has 19 heavy (non-hydrogen) atoms. The molecular weight excluding hydrogens is 312 g/mol. The van der Waals surface area contributed by atoms with E-state index in [2.05, 4.69) is 20.9 Å². The Balaban J connectivity index is 3.02. The number of carbonyl (C=O) groups is 2. The third kappa shape index (κ3) is 4.31. The van der Waals surface area contributed by atoms with Gasteiger partial charge in [-0.05, 0) is 48.8 Å². The molecule has 0 aliphatic heterocycles. The van der Waals surface area contributed by atoms with Gasteiger partial charge in [0.25, 0.3) is 5.91 Å². The van der Waals surface area contributed by atoms with Crippen LogP contribution in [0.5, 0.6) is 0 Å². The number of aromatic nitrogens is 1. The van der Waals surface area contributed by atoms with Crippen LogP contribution in [0.1, 0.15) is 37.7 Å². The van der Waals surface area contributed by atoms with Crippen molar-refractivity contribution >= 4 is 27.8 Å². The van der Waals surface area contributed by atoms with Gasteiger partial charge in [0, 0.05) is 22.8 Å². The number of amides is 1. The molecule has 1 aromatic rings. The number of rotatable bonds is 4. The molecule has 0 fully saturated rings. The van der Waals surface area contributed by atoms with Crippen molar-refractivity contribution in [3.05, 3.63) is 28.5 Å². The van der Waals surface area contributed by atoms with Crippen molar-refractivity contribution < 1.29 is 14.7 Å². The van der Waals surface area contributed by atoms with Gasteiger partial charge in [-0.3, -0.25) is 9.59 Å². The molecule has 104 valence electrons. The van der Waals surface area contributed by atoms with Crippen molar-refractivity contribution in [2.24, 2.45) is 0 Å². The SMILES string of the molecule is CC(C)(C)N(CCC(=O)O)C(=O)c1ncccc1Br. The molecule has 0 aliphatic carbocycles. The van der Waals surface area contributed by atoms with Gasteiger partial charge in [-0.15, -0.1) is 0 Å². The number of pyridine rings is 1. The first-order valence-electron chi connectivity index (χ1n) is 5.87. The maximum Gasteiger partial charge on any atom is 0.305 e. The summed E-state index contributed by atoms with van der Waals surface area (Å²) in [7, 11) is 0. The number of carbonyl (C=O) groups excluding carboxylic acids is 1. The fourth-order valence-electron chi connectivity index (χ4n) is 1.62. The van der Waals surface area contributed by atoms with Crippen LogP contribution in [-0.4, -0.2) is 39.0 Å². The van der Waals surface area contributed by atoms with Crippen LogP contribution < -0.4 is 0 Å². The quantitative estimate of drug-likeness (QED) is 0.922. The molecule has 0 aliphatic rings. The number of carboxylic acids is 1. The Morgan fingerprint density at radius 2 is 2.05 bits per heavy atom. The number of halogens is 1. The molecular formula is C13H17BrN2O3. The molecule has 0 radical (unpaired) electrons. The van der Waals surface area contributed by atoms with Gasteiger partial charge in [0.05, 0.1) is 6.42 Å². The number of hydrogen-bond donors (Lipinski definition) is 1. The zero-order chi connectivity index (χ0) is 14.6. The van der Waals surface area contributed by atoms with Crippen LogP contribution in [0.2, 0.25) is 0 Å². The summed E-state index contributed by atoms with van der Waals surface area (Å²) in [5, 5.41) is 8.77. The highest BCUT2D eigenvalue weighted by Gasteiger charge is 2.29. The topological polar surface area (TPSA) is 70.5 Å². The second kappa shape index (κ2) is 6.14. The predicted molar refractivity (Wildman–Crippen MR) is 75.0 cm³/mol. The van der Waals surface area contributed by atoms with E-state index in [0.717, 1.165) is 0 Å². The summed E-state index contributed by atoms with van der Waals surface area (Å²) in [5.41, 5.74) is -0.174. The Hall–Kier alpha value is -1.43. The minimum absolute atomic E-state index is 0.0898. The molecule has 1 rings (SSSR count). The number of hydrogen-bond acceptors (Lipinski definition) is 3. The molecule has 5 nitrogen and oxygen atoms in total. The van der Waals surface area contributed by atoms with E-state index in [1.165, 1.54) is 11.1 Å². The van der Waals surface area contributed by atoms with Crippen LogP contribution in [-0.2, 0) is 4.79 Å². The Morgan fingerprint density at radius 1 is 1.42 bits per heavy atom. The second-order valence-corrected chi connectivity index (χ2v) is 5.96. The lowest BCUT2D eigenvalue weighted by Crippen LogP contribution is -2.47. The summed E-state index contributed by atoms with van der Waals surface area (Å²) in [6, 6.07) is 3.46. The molecule has 0 atom stereocenters. The van der Waals surface area contributed by atoms with Gasteiger partial charge in [0.1, 0.15) is 5.69 Å². The fourth-order valence-corrected chi connectivity index (χ4v) is 2.04. The molecule has 1 heterocycles. The standard InChI is InChI=1S/C13H17BrN2O3/c1-13(2,3)16(8-6-10(17)18)12(19)11-9(14)5-4-7-15-11/h4-5,7H,6,8H2,1-3H3,(H,17,18). The lowest BCUT2D eigenvalue weighted by atomic mass is 10.0. The van der Waals surface area contributed by atoms with Gasteiger partial charge in [0.2, 0.25) is 0 Å². The summed E-state index contributed by atoms with van der Waals surface area (Å²) in [6.07, 6.45) is 1.45. The monoisotopic (exact) mass is 328 g/mol. The first-order chi connectivity index (χ1) is 8.73. The van der Waals surface area contributed by atoms with Crippen molar-refractivity contribution in [1.29, 1.82) is 0 Å². The van der Waals surface area contributed by atoms with Crippen LogP contribution in [0.15, 0.2) is 22.8 Å². The van der Waals surface area contributed by atoms with E-state index in [-0.39, 0.29) is 18.9 Å². The fraction of sp³-hybridized carbons (Fsp3) is 0.462. The highest BCUT2D eigenvalue weighted by molar-refractivity contribution is 9.10. The largest absolute Gasteiger partial charge is 0.481 e. The first kappa shape index (κ1) is 15.6. The molecule has 0 aromatic carbocycles. The minimum Gasteiger partial charge on any atom is -0.481 e. The molecule has 0 saturated carbocycles. The van der Waals surface area contributed by atoms with E-state index in [1.807, 2.05) is 20.8 Å². The lowest BCUT2D eigenvalue weighted by molar-refractivity contribution is -0.137. The zero-order valence-electron chi connectivity index (χ0n) is 11.2. The normalized spacial score (nSPS) is 11.2. The number of carboxylic acid groups (broad SMARTS) is 1. The summed E-state index contributed by atoms with van der Waals surface area (Å²) in [5.74, 6) is -1.21. The van der Waals surface area contributed by atoms with E-state index in [1.54, 1.807) is 12.1 Å². The third-order valence-electron chi connectivity index (χ3n) is 2.57. The number of nitrogens with zero attached hydrogens (tertiary/aromatic N) is 2. The molecule has 0 saturated heterocycles. The van der Waals surface area contributed by atoms with Gasteiger partial charge < -0.3 is 10.0 Å². The Kier molecular flexibility index (Phi) is 5.05. The Bertz CT molecular complexity index is 483. The van der Waals surface area contributed by atoms with Crippen LogP contribution >= 0.6 is 15.9 Å². The van der Waals surface area contributed by atoms with Crippen molar-refractivity contribution in [2.75, 3.05) is 6.54 Å². The average Bonchev–Trinajstić information content (AvgIpc) is 2.27. The summed E-state index contributed by atoms with van der Waals surface area (Å²) in [4.78, 5) is 28.7. The van der Waals surface area contributed by atoms with Gasteiger partial charge in [-0.2, -0.15) is 0 Å². The zero-order valence-corrected chi connectivity index (χ0v) is 12.8. The lowest BCUT2D eigenvalue weighted by Gasteiger charge is -2.35. The van der Waals surface area contributed by atoms with E-state index in [0.29, 0.717) is 10.2 Å². The Morgan fingerprint density at radius 3 is 2.53 bits per heavy atom. The smallest absolute Gasteiger partial charge is 0.305 e. The van der Waals surface area contributed by atoms with Gasteiger partial charge in [-0.25, -0.2) is 4.98 Å². The van der Waals surface area contributed by atoms with E-state index < -0.39 is 11.5 Å². The second-order valence-electron chi connectivity index (χ2n) is 5.11. The first-order valence-corrected chi connectivity index (χ1v) is 6.67. The predicted octanol–water partition coefficient (Wildman–Crippen LogP) is 2.56. The molecule has 0 spiro atoms. The molecule has 1 amide bonds. The molecule has 0 unspecified atom stereocenters. The van der Waals surface area contributed by atoms with Gasteiger partial charge in [-0.1, -0.05) is 0 Å². The molecule has 0 bridgehead atoms. The van der Waals surface area contributed by atoms with E-state index in [9.17, 15) is 9.59 Å². The van der Waals surface area contributed by atoms with Crippen LogP contribution in [0.3, 0.4) is 0 Å². The summed E-state index contributed by atoms with van der Waals surface area (Å²) < 4.78 is 0.601. The van der Waals surface area contributed by atoms with Crippen LogP contribution in [0.4, 0.5) is 0 Å². The Labute approximate surface area is 120 Å². The van der Waals surface area contributed by atoms with E-state index >= 15 is 0 Å². The maximum absolute atomic E-state index is 12.5. The highest BCUT2D eigenvalue weighted by atomic mass is 79.9. The van der Waals surface area contributed by atoms with Crippen molar-refractivity contribution in [1.82, 2.24) is 9.88 Å². The highest BCUT2D eigenvalue weighted by Crippen LogP contribution is 2.21. The van der Waals surface area contributed by atoms with Crippen molar-refractivity contribution in [2.45, 2.75) is 32.7 Å². The summed E-state index contributed by atoms with van der Waals surface area (Å²) in [6.45, 7) is 5.75. The summed E-state index contributed by atoms with van der Waals surface area (Å²) >= 11 is 3.29. The molecule has 6 heteroatoms. The van der Waals surface area contributed by atoms with Gasteiger partial charge >= 0.3 is 5.97 Å². The maximum atomic E-state index is 12.5. The molecule has 1 N–H and O–H groups in total. The van der Waals surface area contributed by atoms with Crippen molar-refractivity contribution in [3.63, 3.8) is 0 Å². The third-order valence-corrected chi connectivity index (χ3v) is 3.21. The van der Waals surface area contributed by atoms with Crippen molar-refractivity contribution in [3.8, 4) is 0 Å². The van der Waals surface area contributed by atoms with Crippen LogP contribution in [0.25, 0.3) is 0 Å². The van der Waals surface area contributed by atoms with Crippen LogP contribution in [0, 0.1) is 0 Å². The average molecular weight is 329 g/mol.